The fourth-order valence-electron chi connectivity index (χ4n) is 1.99. The Morgan fingerprint density at radius 2 is 1.87 bits per heavy atom. The normalized spacial score (nSPS) is 11.6. The minimum Gasteiger partial charge on any atom is -0.452 e. The van der Waals surface area contributed by atoms with E-state index in [0.717, 1.165) is 5.56 Å². The molecule has 1 N–H and O–H groups in total. The average molecular weight is 315 g/mol. The minimum absolute atomic E-state index is 0.0834. The molecule has 2 rings (SSSR count). The zero-order chi connectivity index (χ0) is 16.8. The van der Waals surface area contributed by atoms with Crippen LogP contribution in [0.1, 0.15) is 18.1 Å². The topological polar surface area (TPSA) is 55.4 Å². The molecule has 1 atom stereocenters. The van der Waals surface area contributed by atoms with Gasteiger partial charge in [-0.1, -0.05) is 29.8 Å². The first kappa shape index (κ1) is 16.7. The number of halogens is 1. The summed E-state index contributed by atoms with van der Waals surface area (Å²) >= 11 is 0. The monoisotopic (exact) mass is 315 g/mol. The van der Waals surface area contributed by atoms with Gasteiger partial charge in [-0.15, -0.1) is 0 Å². The van der Waals surface area contributed by atoms with Gasteiger partial charge in [-0.2, -0.15) is 0 Å². The molecular weight excluding hydrogens is 297 g/mol. The highest BCUT2D eigenvalue weighted by Crippen LogP contribution is 2.10. The summed E-state index contributed by atoms with van der Waals surface area (Å²) in [6, 6.07) is 13.0. The number of carbonyl (C=O) groups is 2. The van der Waals surface area contributed by atoms with Gasteiger partial charge in [-0.25, -0.2) is 4.39 Å². The highest BCUT2D eigenvalue weighted by molar-refractivity contribution is 5.95. The van der Waals surface area contributed by atoms with Crippen molar-refractivity contribution in [3.8, 4) is 0 Å². The van der Waals surface area contributed by atoms with Gasteiger partial charge in [0, 0.05) is 5.69 Å². The van der Waals surface area contributed by atoms with E-state index in [-0.39, 0.29) is 6.42 Å². The second-order valence-corrected chi connectivity index (χ2v) is 5.29. The number of ether oxygens (including phenoxy) is 1. The first-order valence-electron chi connectivity index (χ1n) is 7.25. The Morgan fingerprint density at radius 3 is 2.52 bits per heavy atom. The Labute approximate surface area is 134 Å². The van der Waals surface area contributed by atoms with E-state index in [9.17, 15) is 14.0 Å². The number of amides is 1. The number of anilines is 1. The largest absolute Gasteiger partial charge is 0.452 e. The first-order valence-corrected chi connectivity index (χ1v) is 7.25. The lowest BCUT2D eigenvalue weighted by atomic mass is 10.1. The maximum absolute atomic E-state index is 13.1. The number of hydrogen-bond acceptors (Lipinski definition) is 3. The summed E-state index contributed by atoms with van der Waals surface area (Å²) in [4.78, 5) is 23.8. The molecule has 0 radical (unpaired) electrons. The maximum Gasteiger partial charge on any atom is 0.311 e. The van der Waals surface area contributed by atoms with E-state index in [0.29, 0.717) is 11.3 Å². The number of aryl methyl sites for hydroxylation is 1. The standard InChI is InChI=1S/C18H18FNO3/c1-12-6-8-16(9-7-12)20-18(22)13(2)23-17(21)11-14-4-3-5-15(19)10-14/h3-10,13H,11H2,1-2H3,(H,20,22)/t13-/m0/s1. The summed E-state index contributed by atoms with van der Waals surface area (Å²) < 4.78 is 18.1. The molecule has 4 nitrogen and oxygen atoms in total. The van der Waals surface area contributed by atoms with Crippen LogP contribution in [0, 0.1) is 12.7 Å². The van der Waals surface area contributed by atoms with Crippen LogP contribution >= 0.6 is 0 Å². The summed E-state index contributed by atoms with van der Waals surface area (Å²) in [5.74, 6) is -1.41. The Morgan fingerprint density at radius 1 is 1.17 bits per heavy atom. The van der Waals surface area contributed by atoms with E-state index in [1.165, 1.54) is 25.1 Å². The van der Waals surface area contributed by atoms with Gasteiger partial charge in [-0.05, 0) is 43.7 Å². The van der Waals surface area contributed by atoms with Gasteiger partial charge in [0.15, 0.2) is 6.10 Å². The lowest BCUT2D eigenvalue weighted by molar-refractivity contribution is -0.152. The predicted octanol–water partition coefficient (Wildman–Crippen LogP) is 3.25. The van der Waals surface area contributed by atoms with Gasteiger partial charge in [0.25, 0.3) is 5.91 Å². The summed E-state index contributed by atoms with van der Waals surface area (Å²) in [6.45, 7) is 3.44. The number of benzene rings is 2. The summed E-state index contributed by atoms with van der Waals surface area (Å²) in [6.07, 6.45) is -1.02. The highest BCUT2D eigenvalue weighted by atomic mass is 19.1. The molecular formula is C18H18FNO3. The van der Waals surface area contributed by atoms with Crippen LogP contribution in [0.25, 0.3) is 0 Å². The molecule has 2 aromatic rings. The van der Waals surface area contributed by atoms with Crippen LogP contribution in [0.2, 0.25) is 0 Å². The van der Waals surface area contributed by atoms with Gasteiger partial charge >= 0.3 is 5.97 Å². The van der Waals surface area contributed by atoms with Crippen molar-refractivity contribution in [2.24, 2.45) is 0 Å². The van der Waals surface area contributed by atoms with E-state index < -0.39 is 23.8 Å². The third kappa shape index (κ3) is 5.21. The van der Waals surface area contributed by atoms with E-state index in [1.54, 1.807) is 18.2 Å². The molecule has 0 spiro atoms. The smallest absolute Gasteiger partial charge is 0.311 e. The molecule has 0 heterocycles. The van der Waals surface area contributed by atoms with Gasteiger partial charge in [0.1, 0.15) is 5.82 Å². The fraction of sp³-hybridized carbons (Fsp3) is 0.222. The average Bonchev–Trinajstić information content (AvgIpc) is 2.49. The molecule has 0 bridgehead atoms. The zero-order valence-electron chi connectivity index (χ0n) is 13.0. The molecule has 0 aromatic heterocycles. The number of carbonyl (C=O) groups excluding carboxylic acids is 2. The van der Waals surface area contributed by atoms with Gasteiger partial charge in [0.2, 0.25) is 0 Å². The van der Waals surface area contributed by atoms with Crippen LogP contribution in [0.3, 0.4) is 0 Å². The van der Waals surface area contributed by atoms with Crippen molar-refractivity contribution in [1.82, 2.24) is 0 Å². The predicted molar refractivity (Wildman–Crippen MR) is 85.5 cm³/mol. The van der Waals surface area contributed by atoms with Crippen molar-refractivity contribution >= 4 is 17.6 Å². The maximum atomic E-state index is 13.1. The molecule has 1 amide bonds. The van der Waals surface area contributed by atoms with E-state index >= 15 is 0 Å². The van der Waals surface area contributed by atoms with Crippen LogP contribution in [-0.4, -0.2) is 18.0 Å². The number of rotatable bonds is 5. The highest BCUT2D eigenvalue weighted by Gasteiger charge is 2.18. The van der Waals surface area contributed by atoms with Gasteiger partial charge < -0.3 is 10.1 Å². The first-order chi connectivity index (χ1) is 10.9. The van der Waals surface area contributed by atoms with Crippen molar-refractivity contribution in [3.05, 3.63) is 65.5 Å². The summed E-state index contributed by atoms with van der Waals surface area (Å²) in [7, 11) is 0. The Kier molecular flexibility index (Phi) is 5.46. The van der Waals surface area contributed by atoms with Crippen LogP contribution in [0.4, 0.5) is 10.1 Å². The SMILES string of the molecule is Cc1ccc(NC(=O)[C@H](C)OC(=O)Cc2cccc(F)c2)cc1. The van der Waals surface area contributed by atoms with Gasteiger partial charge in [0.05, 0.1) is 6.42 Å². The fourth-order valence-corrected chi connectivity index (χ4v) is 1.99. The van der Waals surface area contributed by atoms with E-state index in [1.807, 2.05) is 19.1 Å². The lowest BCUT2D eigenvalue weighted by Gasteiger charge is -2.13. The Hall–Kier alpha value is -2.69. The third-order valence-electron chi connectivity index (χ3n) is 3.23. The van der Waals surface area contributed by atoms with Crippen LogP contribution in [0.15, 0.2) is 48.5 Å². The quantitative estimate of drug-likeness (QED) is 0.862. The number of nitrogens with one attached hydrogen (secondary N) is 1. The molecule has 0 saturated carbocycles. The Balaban J connectivity index is 1.87. The molecule has 0 aliphatic heterocycles. The third-order valence-corrected chi connectivity index (χ3v) is 3.23. The molecule has 2 aromatic carbocycles. The zero-order valence-corrected chi connectivity index (χ0v) is 13.0. The molecule has 0 unspecified atom stereocenters. The number of hydrogen-bond donors (Lipinski definition) is 1. The molecule has 5 heteroatoms. The van der Waals surface area contributed by atoms with E-state index in [2.05, 4.69) is 5.32 Å². The van der Waals surface area contributed by atoms with Crippen molar-refractivity contribution in [1.29, 1.82) is 0 Å². The molecule has 23 heavy (non-hydrogen) atoms. The van der Waals surface area contributed by atoms with Crippen LogP contribution in [0.5, 0.6) is 0 Å². The van der Waals surface area contributed by atoms with Gasteiger partial charge in [-0.3, -0.25) is 9.59 Å². The summed E-state index contributed by atoms with van der Waals surface area (Å²) in [5.41, 5.74) is 2.22. The van der Waals surface area contributed by atoms with Crippen molar-refractivity contribution < 1.29 is 18.7 Å². The molecule has 0 saturated heterocycles. The minimum atomic E-state index is -0.933. The van der Waals surface area contributed by atoms with Crippen molar-refractivity contribution in [2.75, 3.05) is 5.32 Å². The lowest BCUT2D eigenvalue weighted by Crippen LogP contribution is -2.30. The second-order valence-electron chi connectivity index (χ2n) is 5.29. The van der Waals surface area contributed by atoms with Crippen molar-refractivity contribution in [3.63, 3.8) is 0 Å². The Bertz CT molecular complexity index is 698. The van der Waals surface area contributed by atoms with E-state index in [4.69, 9.17) is 4.74 Å². The summed E-state index contributed by atoms with van der Waals surface area (Å²) in [5, 5.41) is 2.67. The molecule has 0 fully saturated rings. The van der Waals surface area contributed by atoms with Crippen LogP contribution < -0.4 is 5.32 Å². The molecule has 0 aliphatic rings. The number of esters is 1. The van der Waals surface area contributed by atoms with Crippen molar-refractivity contribution in [2.45, 2.75) is 26.4 Å². The second kappa shape index (κ2) is 7.54. The molecule has 120 valence electrons. The van der Waals surface area contributed by atoms with Crippen LogP contribution in [-0.2, 0) is 20.7 Å². The molecule has 0 aliphatic carbocycles.